The third-order valence-corrected chi connectivity index (χ3v) is 2.45. The van der Waals surface area contributed by atoms with E-state index in [0.717, 1.165) is 17.0 Å². The average Bonchev–Trinajstić information content (AvgIpc) is 2.63. The van der Waals surface area contributed by atoms with Gasteiger partial charge < -0.3 is 5.73 Å². The van der Waals surface area contributed by atoms with Crippen LogP contribution in [-0.4, -0.2) is 19.7 Å². The molecule has 0 aliphatic heterocycles. The predicted molar refractivity (Wildman–Crippen MR) is 62.7 cm³/mol. The summed E-state index contributed by atoms with van der Waals surface area (Å²) >= 11 is 0. The van der Waals surface area contributed by atoms with Crippen LogP contribution in [0.5, 0.6) is 0 Å². The number of nitrogens with zero attached hydrogens (tertiary/aromatic N) is 4. The van der Waals surface area contributed by atoms with Gasteiger partial charge in [0.05, 0.1) is 5.69 Å². The van der Waals surface area contributed by atoms with E-state index in [1.54, 1.807) is 4.68 Å². The molecule has 0 aliphatic rings. The van der Waals surface area contributed by atoms with E-state index < -0.39 is 0 Å². The Morgan fingerprint density at radius 1 is 1.31 bits per heavy atom. The number of hydrogen-bond donors (Lipinski definition) is 1. The fraction of sp³-hybridized carbons (Fsp3) is 0.364. The third-order valence-electron chi connectivity index (χ3n) is 2.45. The number of nitrogen functional groups attached to an aromatic ring is 1. The number of anilines is 1. The summed E-state index contributed by atoms with van der Waals surface area (Å²) in [5, 5.41) is 4.34. The number of aryl methyl sites for hydroxylation is 1. The normalized spacial score (nSPS) is 11.0. The highest BCUT2D eigenvalue weighted by molar-refractivity contribution is 5.64. The number of nitrogens with two attached hydrogens (primary N) is 1. The minimum atomic E-state index is 0.276. The zero-order valence-corrected chi connectivity index (χ0v) is 9.68. The molecule has 0 amide bonds. The molecule has 16 heavy (non-hydrogen) atoms. The Morgan fingerprint density at radius 2 is 2.06 bits per heavy atom. The Balaban J connectivity index is 2.60. The van der Waals surface area contributed by atoms with Crippen molar-refractivity contribution in [3.63, 3.8) is 0 Å². The molecular formula is C11H15N5. The molecule has 0 aliphatic carbocycles. The third kappa shape index (κ3) is 1.76. The fourth-order valence-corrected chi connectivity index (χ4v) is 1.72. The molecule has 2 N–H and O–H groups in total. The minimum Gasteiger partial charge on any atom is -0.383 e. The second kappa shape index (κ2) is 3.92. The Bertz CT molecular complexity index is 501. The van der Waals surface area contributed by atoms with Crippen molar-refractivity contribution in [1.29, 1.82) is 0 Å². The molecule has 84 valence electrons. The highest BCUT2D eigenvalue weighted by Gasteiger charge is 2.15. The molecule has 5 nitrogen and oxygen atoms in total. The second-order valence-electron chi connectivity index (χ2n) is 4.05. The van der Waals surface area contributed by atoms with E-state index in [2.05, 4.69) is 28.9 Å². The first-order chi connectivity index (χ1) is 7.59. The average molecular weight is 217 g/mol. The van der Waals surface area contributed by atoms with Crippen LogP contribution in [0, 0.1) is 0 Å². The van der Waals surface area contributed by atoms with E-state index in [1.807, 2.05) is 19.3 Å². The van der Waals surface area contributed by atoms with Crippen LogP contribution in [0.4, 0.5) is 5.82 Å². The van der Waals surface area contributed by atoms with Gasteiger partial charge in [0, 0.05) is 18.8 Å². The molecule has 0 unspecified atom stereocenters. The summed E-state index contributed by atoms with van der Waals surface area (Å²) in [4.78, 5) is 8.30. The van der Waals surface area contributed by atoms with Crippen LogP contribution in [0.1, 0.15) is 25.3 Å². The van der Waals surface area contributed by atoms with E-state index in [-0.39, 0.29) is 5.92 Å². The van der Waals surface area contributed by atoms with Crippen LogP contribution < -0.4 is 5.73 Å². The number of hydrogen-bond acceptors (Lipinski definition) is 4. The molecule has 2 heterocycles. The highest BCUT2D eigenvalue weighted by atomic mass is 15.2. The molecule has 2 aromatic rings. The van der Waals surface area contributed by atoms with Crippen molar-refractivity contribution >= 4 is 5.82 Å². The van der Waals surface area contributed by atoms with Gasteiger partial charge in [-0.25, -0.2) is 9.97 Å². The Labute approximate surface area is 94.3 Å². The van der Waals surface area contributed by atoms with E-state index in [9.17, 15) is 0 Å². The smallest absolute Gasteiger partial charge is 0.130 e. The van der Waals surface area contributed by atoms with Gasteiger partial charge in [-0.3, -0.25) is 4.68 Å². The van der Waals surface area contributed by atoms with E-state index >= 15 is 0 Å². The molecule has 0 radical (unpaired) electrons. The van der Waals surface area contributed by atoms with Crippen LogP contribution >= 0.6 is 0 Å². The topological polar surface area (TPSA) is 69.6 Å². The van der Waals surface area contributed by atoms with E-state index in [0.29, 0.717) is 5.82 Å². The summed E-state index contributed by atoms with van der Waals surface area (Å²) in [6, 6.07) is 1.92. The molecule has 5 heteroatoms. The first-order valence-corrected chi connectivity index (χ1v) is 5.20. The molecule has 0 atom stereocenters. The summed E-state index contributed by atoms with van der Waals surface area (Å²) in [5.41, 5.74) is 8.50. The van der Waals surface area contributed by atoms with Crippen LogP contribution in [0.3, 0.4) is 0 Å². The molecule has 0 aromatic carbocycles. The van der Waals surface area contributed by atoms with Crippen LogP contribution in [0.2, 0.25) is 0 Å². The molecule has 0 fully saturated rings. The fourth-order valence-electron chi connectivity index (χ4n) is 1.72. The molecule has 2 rings (SSSR count). The molecular weight excluding hydrogens is 202 g/mol. The van der Waals surface area contributed by atoms with Crippen LogP contribution in [0.25, 0.3) is 11.4 Å². The number of aromatic nitrogens is 4. The Hall–Kier alpha value is -1.91. The van der Waals surface area contributed by atoms with E-state index in [4.69, 9.17) is 5.73 Å². The molecule has 2 aromatic heterocycles. The van der Waals surface area contributed by atoms with Gasteiger partial charge in [-0.1, -0.05) is 13.8 Å². The van der Waals surface area contributed by atoms with Gasteiger partial charge in [0.25, 0.3) is 0 Å². The van der Waals surface area contributed by atoms with Crippen LogP contribution in [-0.2, 0) is 7.05 Å². The van der Waals surface area contributed by atoms with Crippen molar-refractivity contribution in [1.82, 2.24) is 19.7 Å². The van der Waals surface area contributed by atoms with Crippen molar-refractivity contribution in [2.24, 2.45) is 7.05 Å². The van der Waals surface area contributed by atoms with Gasteiger partial charge in [0.15, 0.2) is 0 Å². The highest BCUT2D eigenvalue weighted by Crippen LogP contribution is 2.28. The van der Waals surface area contributed by atoms with Crippen molar-refractivity contribution in [3.05, 3.63) is 24.2 Å². The first kappa shape index (κ1) is 10.6. The standard InChI is InChI=1S/C11H15N5/c1-7(2)9-10(13-6-14-11(9)12)8-4-5-16(3)15-8/h4-7H,1-3H3,(H2,12,13,14). The summed E-state index contributed by atoms with van der Waals surface area (Å²) < 4.78 is 1.75. The monoisotopic (exact) mass is 217 g/mol. The Morgan fingerprint density at radius 3 is 2.62 bits per heavy atom. The van der Waals surface area contributed by atoms with Gasteiger partial charge in [0.2, 0.25) is 0 Å². The van der Waals surface area contributed by atoms with Crippen LogP contribution in [0.15, 0.2) is 18.6 Å². The van der Waals surface area contributed by atoms with Gasteiger partial charge >= 0.3 is 0 Å². The predicted octanol–water partition coefficient (Wildman–Crippen LogP) is 1.58. The molecule has 0 bridgehead atoms. The lowest BCUT2D eigenvalue weighted by Crippen LogP contribution is -2.04. The van der Waals surface area contributed by atoms with Crippen molar-refractivity contribution in [2.75, 3.05) is 5.73 Å². The van der Waals surface area contributed by atoms with Gasteiger partial charge in [-0.15, -0.1) is 0 Å². The second-order valence-corrected chi connectivity index (χ2v) is 4.05. The summed E-state index contributed by atoms with van der Waals surface area (Å²) in [6.07, 6.45) is 3.36. The van der Waals surface area contributed by atoms with Crippen molar-refractivity contribution in [2.45, 2.75) is 19.8 Å². The van der Waals surface area contributed by atoms with Gasteiger partial charge in [-0.05, 0) is 12.0 Å². The quantitative estimate of drug-likeness (QED) is 0.829. The lowest BCUT2D eigenvalue weighted by Gasteiger charge is -2.11. The summed E-state index contributed by atoms with van der Waals surface area (Å²) in [5.74, 6) is 0.809. The Kier molecular flexibility index (Phi) is 2.60. The maximum Gasteiger partial charge on any atom is 0.130 e. The molecule has 0 saturated carbocycles. The van der Waals surface area contributed by atoms with E-state index in [1.165, 1.54) is 6.33 Å². The largest absolute Gasteiger partial charge is 0.383 e. The number of rotatable bonds is 2. The maximum atomic E-state index is 5.88. The SMILES string of the molecule is CC(C)c1c(N)ncnc1-c1ccn(C)n1. The molecule has 0 saturated heterocycles. The summed E-state index contributed by atoms with van der Waals surface area (Å²) in [7, 11) is 1.88. The molecule has 0 spiro atoms. The zero-order valence-electron chi connectivity index (χ0n) is 9.68. The maximum absolute atomic E-state index is 5.88. The van der Waals surface area contributed by atoms with Gasteiger partial charge in [-0.2, -0.15) is 5.10 Å². The van der Waals surface area contributed by atoms with Crippen molar-refractivity contribution in [3.8, 4) is 11.4 Å². The lowest BCUT2D eigenvalue weighted by atomic mass is 10.0. The minimum absolute atomic E-state index is 0.276. The first-order valence-electron chi connectivity index (χ1n) is 5.20. The lowest BCUT2D eigenvalue weighted by molar-refractivity contribution is 0.767. The van der Waals surface area contributed by atoms with Crippen molar-refractivity contribution < 1.29 is 0 Å². The summed E-state index contributed by atoms with van der Waals surface area (Å²) in [6.45, 7) is 4.14. The zero-order chi connectivity index (χ0) is 11.7. The van der Waals surface area contributed by atoms with Gasteiger partial charge in [0.1, 0.15) is 17.8 Å².